The summed E-state index contributed by atoms with van der Waals surface area (Å²) >= 11 is 0. The molecule has 33 heavy (non-hydrogen) atoms. The predicted octanol–water partition coefficient (Wildman–Crippen LogP) is 4.95. The number of hydrogen-bond donors (Lipinski definition) is 4. The lowest BCUT2D eigenvalue weighted by atomic mass is 10.1. The van der Waals surface area contributed by atoms with E-state index >= 15 is 0 Å². The second-order valence-electron chi connectivity index (χ2n) is 7.68. The molecule has 0 atom stereocenters. The molecular weight excluding hydrogens is 416 g/mol. The van der Waals surface area contributed by atoms with E-state index in [0.29, 0.717) is 29.0 Å². The van der Waals surface area contributed by atoms with Gasteiger partial charge in [-0.25, -0.2) is 0 Å². The van der Waals surface area contributed by atoms with Gasteiger partial charge >= 0.3 is 0 Å². The molecule has 7 nitrogen and oxygen atoms in total. The maximum absolute atomic E-state index is 12.4. The minimum Gasteiger partial charge on any atom is -0.376 e. The Balaban J connectivity index is 1.53. The van der Waals surface area contributed by atoms with Crippen LogP contribution >= 0.6 is 0 Å². The lowest BCUT2D eigenvalue weighted by Gasteiger charge is -2.14. The fourth-order valence-electron chi connectivity index (χ4n) is 3.18. The number of aryl methyl sites for hydroxylation is 1. The number of nitrogens with one attached hydrogen (secondary N) is 4. The largest absolute Gasteiger partial charge is 0.376 e. The normalized spacial score (nSPS) is 10.3. The Morgan fingerprint density at radius 3 is 1.97 bits per heavy atom. The summed E-state index contributed by atoms with van der Waals surface area (Å²) in [5.41, 5.74) is 5.15. The van der Waals surface area contributed by atoms with E-state index in [0.717, 1.165) is 16.8 Å². The quantitative estimate of drug-likeness (QED) is 0.395. The van der Waals surface area contributed by atoms with Gasteiger partial charge in [0.25, 0.3) is 5.91 Å². The van der Waals surface area contributed by atoms with Crippen molar-refractivity contribution in [1.82, 2.24) is 0 Å². The number of carbonyl (C=O) groups is 3. The van der Waals surface area contributed by atoms with Gasteiger partial charge in [-0.2, -0.15) is 0 Å². The zero-order valence-corrected chi connectivity index (χ0v) is 19.0. The molecule has 170 valence electrons. The molecule has 0 spiro atoms. The molecule has 0 radical (unpaired) electrons. The molecule has 0 fully saturated rings. The SMILES string of the molecule is CCC(=O)Nc1cccc(NC(=O)CNc2ccc(NC(=O)c3cccc(C)c3)cc2)c1C. The van der Waals surface area contributed by atoms with Crippen molar-refractivity contribution in [3.05, 3.63) is 83.4 Å². The second kappa shape index (κ2) is 10.9. The van der Waals surface area contributed by atoms with Crippen LogP contribution < -0.4 is 21.3 Å². The lowest BCUT2D eigenvalue weighted by molar-refractivity contribution is -0.116. The van der Waals surface area contributed by atoms with Gasteiger partial charge in [-0.3, -0.25) is 14.4 Å². The van der Waals surface area contributed by atoms with E-state index in [2.05, 4.69) is 21.3 Å². The van der Waals surface area contributed by atoms with Gasteiger partial charge in [0.2, 0.25) is 11.8 Å². The third kappa shape index (κ3) is 6.67. The van der Waals surface area contributed by atoms with Crippen molar-refractivity contribution in [3.8, 4) is 0 Å². The first kappa shape index (κ1) is 23.5. The summed E-state index contributed by atoms with van der Waals surface area (Å²) in [6, 6.07) is 19.9. The Morgan fingerprint density at radius 1 is 0.727 bits per heavy atom. The highest BCUT2D eigenvalue weighted by Gasteiger charge is 2.10. The number of anilines is 4. The summed E-state index contributed by atoms with van der Waals surface area (Å²) in [6.45, 7) is 5.64. The molecule has 3 rings (SSSR count). The monoisotopic (exact) mass is 444 g/mol. The summed E-state index contributed by atoms with van der Waals surface area (Å²) in [6.07, 6.45) is 0.383. The molecule has 7 heteroatoms. The van der Waals surface area contributed by atoms with E-state index in [1.807, 2.05) is 32.0 Å². The molecule has 3 aromatic carbocycles. The zero-order chi connectivity index (χ0) is 23.8. The highest BCUT2D eigenvalue weighted by molar-refractivity contribution is 6.04. The molecule has 0 unspecified atom stereocenters. The van der Waals surface area contributed by atoms with Crippen LogP contribution in [0.4, 0.5) is 22.7 Å². The van der Waals surface area contributed by atoms with Crippen LogP contribution in [0.2, 0.25) is 0 Å². The molecule has 0 heterocycles. The van der Waals surface area contributed by atoms with E-state index < -0.39 is 0 Å². The molecule has 0 aliphatic heterocycles. The van der Waals surface area contributed by atoms with Crippen LogP contribution in [-0.2, 0) is 9.59 Å². The summed E-state index contributed by atoms with van der Waals surface area (Å²) in [5.74, 6) is -0.470. The van der Waals surface area contributed by atoms with Crippen LogP contribution in [0.25, 0.3) is 0 Å². The van der Waals surface area contributed by atoms with Gasteiger partial charge in [-0.1, -0.05) is 30.7 Å². The van der Waals surface area contributed by atoms with Crippen LogP contribution in [0.1, 0.15) is 34.8 Å². The maximum Gasteiger partial charge on any atom is 0.255 e. The predicted molar refractivity (Wildman–Crippen MR) is 133 cm³/mol. The molecule has 0 aliphatic carbocycles. The lowest BCUT2D eigenvalue weighted by Crippen LogP contribution is -2.22. The minimum absolute atomic E-state index is 0.0694. The Hall–Kier alpha value is -4.13. The summed E-state index contributed by atoms with van der Waals surface area (Å²) in [7, 11) is 0. The zero-order valence-electron chi connectivity index (χ0n) is 19.0. The number of rotatable bonds is 8. The van der Waals surface area contributed by atoms with E-state index in [1.54, 1.807) is 55.5 Å². The van der Waals surface area contributed by atoms with Gasteiger partial charge in [0.15, 0.2) is 0 Å². The summed E-state index contributed by atoms with van der Waals surface area (Å²) in [5, 5.41) is 11.6. The molecule has 0 saturated heterocycles. The van der Waals surface area contributed by atoms with Crippen molar-refractivity contribution in [3.63, 3.8) is 0 Å². The Bertz CT molecular complexity index is 1160. The van der Waals surface area contributed by atoms with Crippen LogP contribution in [0.15, 0.2) is 66.7 Å². The average Bonchev–Trinajstić information content (AvgIpc) is 2.81. The van der Waals surface area contributed by atoms with Crippen LogP contribution in [-0.4, -0.2) is 24.3 Å². The first-order chi connectivity index (χ1) is 15.9. The van der Waals surface area contributed by atoms with Crippen molar-refractivity contribution >= 4 is 40.5 Å². The van der Waals surface area contributed by atoms with Crippen molar-refractivity contribution in [2.24, 2.45) is 0 Å². The van der Waals surface area contributed by atoms with Gasteiger partial charge in [-0.05, 0) is 67.9 Å². The fourth-order valence-corrected chi connectivity index (χ4v) is 3.18. The van der Waals surface area contributed by atoms with E-state index in [9.17, 15) is 14.4 Å². The molecule has 3 aromatic rings. The molecule has 4 N–H and O–H groups in total. The standard InChI is InChI=1S/C26H28N4O3/c1-4-24(31)29-22-9-6-10-23(18(22)3)30-25(32)16-27-20-11-13-21(14-12-20)28-26(33)19-8-5-7-17(2)15-19/h5-15,27H,4,16H2,1-3H3,(H,28,33)(H,29,31)(H,30,32). The molecule has 0 bridgehead atoms. The van der Waals surface area contributed by atoms with Crippen LogP contribution in [0, 0.1) is 13.8 Å². The maximum atomic E-state index is 12.4. The third-order valence-electron chi connectivity index (χ3n) is 5.08. The average molecular weight is 445 g/mol. The Kier molecular flexibility index (Phi) is 7.81. The van der Waals surface area contributed by atoms with Gasteiger partial charge in [0, 0.05) is 34.7 Å². The van der Waals surface area contributed by atoms with Crippen molar-refractivity contribution in [2.45, 2.75) is 27.2 Å². The van der Waals surface area contributed by atoms with E-state index in [-0.39, 0.29) is 24.3 Å². The Labute approximate surface area is 193 Å². The molecule has 0 saturated carbocycles. The van der Waals surface area contributed by atoms with E-state index in [4.69, 9.17) is 0 Å². The second-order valence-corrected chi connectivity index (χ2v) is 7.68. The molecule has 0 aliphatic rings. The first-order valence-corrected chi connectivity index (χ1v) is 10.8. The van der Waals surface area contributed by atoms with Crippen LogP contribution in [0.3, 0.4) is 0 Å². The highest BCUT2D eigenvalue weighted by atomic mass is 16.2. The van der Waals surface area contributed by atoms with Gasteiger partial charge in [0.05, 0.1) is 6.54 Å². The first-order valence-electron chi connectivity index (χ1n) is 10.8. The fraction of sp³-hybridized carbons (Fsp3) is 0.192. The highest BCUT2D eigenvalue weighted by Crippen LogP contribution is 2.23. The molecule has 0 aromatic heterocycles. The smallest absolute Gasteiger partial charge is 0.255 e. The van der Waals surface area contributed by atoms with E-state index in [1.165, 1.54) is 0 Å². The topological polar surface area (TPSA) is 99.3 Å². The van der Waals surface area contributed by atoms with Gasteiger partial charge in [0.1, 0.15) is 0 Å². The summed E-state index contributed by atoms with van der Waals surface area (Å²) in [4.78, 5) is 36.4. The van der Waals surface area contributed by atoms with Gasteiger partial charge < -0.3 is 21.3 Å². The number of hydrogen-bond acceptors (Lipinski definition) is 4. The van der Waals surface area contributed by atoms with Crippen molar-refractivity contribution in [1.29, 1.82) is 0 Å². The molecular formula is C26H28N4O3. The van der Waals surface area contributed by atoms with Crippen LogP contribution in [0.5, 0.6) is 0 Å². The molecule has 3 amide bonds. The van der Waals surface area contributed by atoms with Crippen molar-refractivity contribution < 1.29 is 14.4 Å². The number of amides is 3. The Morgan fingerprint density at radius 2 is 1.33 bits per heavy atom. The van der Waals surface area contributed by atoms with Gasteiger partial charge in [-0.15, -0.1) is 0 Å². The number of benzene rings is 3. The third-order valence-corrected chi connectivity index (χ3v) is 5.08. The summed E-state index contributed by atoms with van der Waals surface area (Å²) < 4.78 is 0. The number of carbonyl (C=O) groups excluding carboxylic acids is 3. The minimum atomic E-state index is -0.214. The van der Waals surface area contributed by atoms with Crippen molar-refractivity contribution in [2.75, 3.05) is 27.8 Å².